The molecule has 1 aromatic heterocycles. The van der Waals surface area contributed by atoms with Crippen molar-refractivity contribution in [3.05, 3.63) is 57.9 Å². The van der Waals surface area contributed by atoms with E-state index < -0.39 is 0 Å². The van der Waals surface area contributed by atoms with E-state index in [9.17, 15) is 4.79 Å². The van der Waals surface area contributed by atoms with E-state index in [4.69, 9.17) is 9.52 Å². The van der Waals surface area contributed by atoms with Crippen molar-refractivity contribution in [2.75, 3.05) is 6.61 Å². The normalized spacial score (nSPS) is 10.5. The van der Waals surface area contributed by atoms with E-state index >= 15 is 0 Å². The van der Waals surface area contributed by atoms with Gasteiger partial charge in [0.15, 0.2) is 0 Å². The summed E-state index contributed by atoms with van der Waals surface area (Å²) in [6, 6.07) is 11.2. The molecule has 98 valence electrons. The van der Waals surface area contributed by atoms with Gasteiger partial charge in [-0.25, -0.2) is 4.79 Å². The van der Waals surface area contributed by atoms with Crippen molar-refractivity contribution in [1.29, 1.82) is 0 Å². The molecule has 0 aliphatic rings. The van der Waals surface area contributed by atoms with Crippen molar-refractivity contribution in [2.24, 2.45) is 0 Å². The van der Waals surface area contributed by atoms with E-state index in [1.807, 2.05) is 37.3 Å². The molecule has 3 heteroatoms. The Labute approximate surface area is 115 Å². The third-order valence-corrected chi connectivity index (χ3v) is 3.18. The highest BCUT2D eigenvalue weighted by molar-refractivity contribution is 6.04. The van der Waals surface area contributed by atoms with Gasteiger partial charge in [0.2, 0.25) is 0 Å². The van der Waals surface area contributed by atoms with E-state index in [0.717, 1.165) is 16.3 Å². The smallest absolute Gasteiger partial charge is 0.344 e. The quantitative estimate of drug-likeness (QED) is 0.386. The standard InChI is InChI=1S/C17H12O3/c1-11-4-6-14-13-7-5-12(3-2-8-18)10-15(13)17(19)20-16(14)9-11/h4-7,9-10,18H,8H2,1H3. The van der Waals surface area contributed by atoms with Crippen LogP contribution in [0.25, 0.3) is 21.7 Å². The molecule has 1 heterocycles. The molecule has 0 bridgehead atoms. The second-order valence-electron chi connectivity index (χ2n) is 4.61. The van der Waals surface area contributed by atoms with Gasteiger partial charge >= 0.3 is 5.63 Å². The van der Waals surface area contributed by atoms with Crippen molar-refractivity contribution in [2.45, 2.75) is 6.92 Å². The number of hydrogen-bond donors (Lipinski definition) is 1. The Morgan fingerprint density at radius 1 is 1.10 bits per heavy atom. The summed E-state index contributed by atoms with van der Waals surface area (Å²) in [5.41, 5.74) is 1.96. The molecule has 0 amide bonds. The molecule has 1 N–H and O–H groups in total. The number of benzene rings is 2. The first kappa shape index (κ1) is 12.5. The number of aliphatic hydroxyl groups is 1. The van der Waals surface area contributed by atoms with Crippen molar-refractivity contribution in [3.63, 3.8) is 0 Å². The van der Waals surface area contributed by atoms with Crippen molar-refractivity contribution in [1.82, 2.24) is 0 Å². The molecule has 0 unspecified atom stereocenters. The van der Waals surface area contributed by atoms with Gasteiger partial charge in [0.25, 0.3) is 0 Å². The monoisotopic (exact) mass is 264 g/mol. The topological polar surface area (TPSA) is 50.4 Å². The van der Waals surface area contributed by atoms with Gasteiger partial charge < -0.3 is 9.52 Å². The predicted octanol–water partition coefficient (Wildman–Crippen LogP) is 2.60. The zero-order valence-corrected chi connectivity index (χ0v) is 10.9. The lowest BCUT2D eigenvalue weighted by molar-refractivity contribution is 0.350. The fraction of sp³-hybridized carbons (Fsp3) is 0.118. The van der Waals surface area contributed by atoms with Crippen LogP contribution in [0.1, 0.15) is 11.1 Å². The van der Waals surface area contributed by atoms with Gasteiger partial charge in [-0.2, -0.15) is 0 Å². The fourth-order valence-corrected chi connectivity index (χ4v) is 2.26. The Balaban J connectivity index is 2.37. The van der Waals surface area contributed by atoms with Crippen LogP contribution in [0.5, 0.6) is 0 Å². The maximum absolute atomic E-state index is 12.1. The maximum Gasteiger partial charge on any atom is 0.344 e. The van der Waals surface area contributed by atoms with Crippen LogP contribution in [0.4, 0.5) is 0 Å². The summed E-state index contributed by atoms with van der Waals surface area (Å²) in [4.78, 5) is 12.1. The summed E-state index contributed by atoms with van der Waals surface area (Å²) in [5, 5.41) is 11.0. The molecule has 2 aromatic carbocycles. The lowest BCUT2D eigenvalue weighted by Crippen LogP contribution is -2.00. The van der Waals surface area contributed by atoms with E-state index in [-0.39, 0.29) is 12.2 Å². The first-order chi connectivity index (χ1) is 9.69. The largest absolute Gasteiger partial charge is 0.422 e. The number of aliphatic hydroxyl groups excluding tert-OH is 1. The Bertz CT molecular complexity index is 924. The second kappa shape index (κ2) is 4.84. The maximum atomic E-state index is 12.1. The average molecular weight is 264 g/mol. The van der Waals surface area contributed by atoms with E-state index in [2.05, 4.69) is 11.8 Å². The molecule has 3 nitrogen and oxygen atoms in total. The lowest BCUT2D eigenvalue weighted by Gasteiger charge is -2.03. The Morgan fingerprint density at radius 2 is 1.90 bits per heavy atom. The molecule has 0 saturated heterocycles. The van der Waals surface area contributed by atoms with Gasteiger partial charge in [-0.3, -0.25) is 0 Å². The molecule has 20 heavy (non-hydrogen) atoms. The molecule has 0 saturated carbocycles. The second-order valence-corrected chi connectivity index (χ2v) is 4.61. The predicted molar refractivity (Wildman–Crippen MR) is 78.7 cm³/mol. The van der Waals surface area contributed by atoms with Crippen molar-refractivity contribution >= 4 is 21.7 Å². The summed E-state index contributed by atoms with van der Waals surface area (Å²) in [7, 11) is 0. The fourth-order valence-electron chi connectivity index (χ4n) is 2.26. The third-order valence-electron chi connectivity index (χ3n) is 3.18. The zero-order chi connectivity index (χ0) is 14.1. The van der Waals surface area contributed by atoms with Gasteiger partial charge in [0.1, 0.15) is 12.2 Å². The number of aryl methyl sites for hydroxylation is 1. The van der Waals surface area contributed by atoms with Crippen LogP contribution in [-0.4, -0.2) is 11.7 Å². The molecule has 0 radical (unpaired) electrons. The molecule has 0 aliphatic heterocycles. The van der Waals surface area contributed by atoms with Crippen LogP contribution in [0, 0.1) is 18.8 Å². The van der Waals surface area contributed by atoms with E-state index in [0.29, 0.717) is 16.5 Å². The summed E-state index contributed by atoms with van der Waals surface area (Å²) < 4.78 is 5.36. The average Bonchev–Trinajstić information content (AvgIpc) is 2.45. The summed E-state index contributed by atoms with van der Waals surface area (Å²) in [6.07, 6.45) is 0. The number of hydrogen-bond acceptors (Lipinski definition) is 3. The van der Waals surface area contributed by atoms with Gasteiger partial charge in [0.05, 0.1) is 5.39 Å². The van der Waals surface area contributed by atoms with Crippen LogP contribution < -0.4 is 5.63 Å². The van der Waals surface area contributed by atoms with Crippen LogP contribution in [0.15, 0.2) is 45.6 Å². The molecule has 3 aromatic rings. The molecule has 3 rings (SSSR count). The molecular weight excluding hydrogens is 252 g/mol. The highest BCUT2D eigenvalue weighted by Crippen LogP contribution is 2.24. The highest BCUT2D eigenvalue weighted by atomic mass is 16.4. The minimum atomic E-state index is -0.370. The summed E-state index contributed by atoms with van der Waals surface area (Å²) in [5.74, 6) is 5.36. The molecular formula is C17H12O3. The Kier molecular flexibility index (Phi) is 3.02. The first-order valence-corrected chi connectivity index (χ1v) is 6.26. The minimum absolute atomic E-state index is 0.205. The molecule has 0 spiro atoms. The van der Waals surface area contributed by atoms with Gasteiger partial charge in [0, 0.05) is 16.3 Å². The number of rotatable bonds is 0. The zero-order valence-electron chi connectivity index (χ0n) is 10.9. The van der Waals surface area contributed by atoms with E-state index in [1.165, 1.54) is 0 Å². The minimum Gasteiger partial charge on any atom is -0.422 e. The number of fused-ring (bicyclic) bond motifs is 3. The lowest BCUT2D eigenvalue weighted by atomic mass is 10.0. The van der Waals surface area contributed by atoms with Crippen molar-refractivity contribution in [3.8, 4) is 11.8 Å². The van der Waals surface area contributed by atoms with Gasteiger partial charge in [-0.15, -0.1) is 0 Å². The summed E-state index contributed by atoms with van der Waals surface area (Å²) >= 11 is 0. The van der Waals surface area contributed by atoms with Crippen molar-refractivity contribution < 1.29 is 9.52 Å². The molecule has 0 aliphatic carbocycles. The third kappa shape index (κ3) is 2.07. The molecule has 0 atom stereocenters. The Morgan fingerprint density at radius 3 is 2.70 bits per heavy atom. The Hall–Kier alpha value is -2.57. The summed E-state index contributed by atoms with van der Waals surface area (Å²) in [6.45, 7) is 1.75. The van der Waals surface area contributed by atoms with Crippen LogP contribution in [0.2, 0.25) is 0 Å². The SMILES string of the molecule is Cc1ccc2c(c1)oc(=O)c1cc(C#CCO)ccc12. The highest BCUT2D eigenvalue weighted by Gasteiger charge is 2.07. The van der Waals surface area contributed by atoms with E-state index in [1.54, 1.807) is 6.07 Å². The first-order valence-electron chi connectivity index (χ1n) is 6.26. The van der Waals surface area contributed by atoms with Crippen LogP contribution >= 0.6 is 0 Å². The van der Waals surface area contributed by atoms with Crippen LogP contribution in [-0.2, 0) is 0 Å². The van der Waals surface area contributed by atoms with Gasteiger partial charge in [-0.05, 0) is 30.7 Å². The molecule has 0 fully saturated rings. The van der Waals surface area contributed by atoms with Gasteiger partial charge in [-0.1, -0.05) is 30.0 Å². The van der Waals surface area contributed by atoms with Crippen LogP contribution in [0.3, 0.4) is 0 Å².